The molecule has 168 valence electrons. The molecule has 1 aliphatic rings. The molecule has 0 radical (unpaired) electrons. The molecule has 2 amide bonds. The highest BCUT2D eigenvalue weighted by atomic mass is 79.9. The van der Waals surface area contributed by atoms with E-state index in [4.69, 9.17) is 10.7 Å². The summed E-state index contributed by atoms with van der Waals surface area (Å²) >= 11 is 3.36. The molecule has 1 atom stereocenters. The summed E-state index contributed by atoms with van der Waals surface area (Å²) in [5, 5.41) is 30.3. The van der Waals surface area contributed by atoms with E-state index in [0.29, 0.717) is 15.6 Å². The zero-order valence-electron chi connectivity index (χ0n) is 17.3. The van der Waals surface area contributed by atoms with Gasteiger partial charge in [0.2, 0.25) is 5.96 Å². The Kier molecular flexibility index (Phi) is 6.47. The average Bonchev–Trinajstić information content (AvgIpc) is 2.78. The predicted molar refractivity (Wildman–Crippen MR) is 118 cm³/mol. The Morgan fingerprint density at radius 2 is 1.88 bits per heavy atom. The first-order valence-corrected chi connectivity index (χ1v) is 10.2. The third kappa shape index (κ3) is 4.28. The largest absolute Gasteiger partial charge is 0.416 e. The van der Waals surface area contributed by atoms with Gasteiger partial charge in [0.25, 0.3) is 0 Å². The van der Waals surface area contributed by atoms with E-state index in [0.717, 1.165) is 21.9 Å². The van der Waals surface area contributed by atoms with Gasteiger partial charge in [0, 0.05) is 22.9 Å². The highest BCUT2D eigenvalue weighted by Crippen LogP contribution is 2.42. The van der Waals surface area contributed by atoms with Crippen molar-refractivity contribution in [3.63, 3.8) is 0 Å². The van der Waals surface area contributed by atoms with E-state index in [2.05, 4.69) is 21.2 Å². The number of nitriles is 2. The van der Waals surface area contributed by atoms with Crippen LogP contribution in [0.3, 0.4) is 0 Å². The van der Waals surface area contributed by atoms with Crippen molar-refractivity contribution in [3.05, 3.63) is 74.9 Å². The van der Waals surface area contributed by atoms with Gasteiger partial charge in [-0.3, -0.25) is 15.2 Å². The number of rotatable bonds is 2. The maximum Gasteiger partial charge on any atom is 0.416 e. The van der Waals surface area contributed by atoms with Crippen LogP contribution in [0.1, 0.15) is 29.7 Å². The molecule has 2 aromatic rings. The molecule has 7 nitrogen and oxygen atoms in total. The number of hydrogen-bond acceptors (Lipinski definition) is 4. The standard InChI is InChI=1S/C22H16BrF3N6O/c1-12-17(11-28)19(16-7-6-13(10-27)8-18(16)23)32(21(33)30-2)20(29)31(12)15-5-3-4-14(9-15)22(24,25)26/h3-9,19,29H,1-2H3,(H,30,33). The second-order valence-electron chi connectivity index (χ2n) is 6.99. The molecule has 0 spiro atoms. The van der Waals surface area contributed by atoms with Gasteiger partial charge in [0.1, 0.15) is 6.04 Å². The smallest absolute Gasteiger partial charge is 0.341 e. The fourth-order valence-corrected chi connectivity index (χ4v) is 4.16. The summed E-state index contributed by atoms with van der Waals surface area (Å²) in [4.78, 5) is 14.9. The van der Waals surface area contributed by atoms with E-state index in [1.165, 1.54) is 38.2 Å². The lowest BCUT2D eigenvalue weighted by Gasteiger charge is -2.42. The van der Waals surface area contributed by atoms with Crippen LogP contribution in [-0.2, 0) is 6.18 Å². The van der Waals surface area contributed by atoms with Gasteiger partial charge in [-0.15, -0.1) is 0 Å². The van der Waals surface area contributed by atoms with Gasteiger partial charge in [0.05, 0.1) is 28.8 Å². The number of nitrogens with one attached hydrogen (secondary N) is 2. The minimum atomic E-state index is -4.61. The number of benzene rings is 2. The summed E-state index contributed by atoms with van der Waals surface area (Å²) in [6.07, 6.45) is -4.61. The van der Waals surface area contributed by atoms with Gasteiger partial charge in [-0.2, -0.15) is 23.7 Å². The third-order valence-corrected chi connectivity index (χ3v) is 5.79. The molecule has 33 heavy (non-hydrogen) atoms. The maximum atomic E-state index is 13.3. The zero-order chi connectivity index (χ0) is 24.5. The molecule has 0 aromatic heterocycles. The number of anilines is 1. The van der Waals surface area contributed by atoms with Crippen molar-refractivity contribution in [3.8, 4) is 12.1 Å². The van der Waals surface area contributed by atoms with Crippen LogP contribution in [0.25, 0.3) is 0 Å². The quantitative estimate of drug-likeness (QED) is 0.566. The molecule has 2 aromatic carbocycles. The van der Waals surface area contributed by atoms with Gasteiger partial charge >= 0.3 is 12.2 Å². The lowest BCUT2D eigenvalue weighted by atomic mass is 9.93. The number of carbonyl (C=O) groups is 1. The Morgan fingerprint density at radius 3 is 2.42 bits per heavy atom. The monoisotopic (exact) mass is 516 g/mol. The van der Waals surface area contributed by atoms with E-state index in [-0.39, 0.29) is 17.0 Å². The summed E-state index contributed by atoms with van der Waals surface area (Å²) in [6, 6.07) is 11.1. The second-order valence-corrected chi connectivity index (χ2v) is 7.85. The van der Waals surface area contributed by atoms with Crippen LogP contribution in [0.15, 0.2) is 58.2 Å². The Morgan fingerprint density at radius 1 is 1.18 bits per heavy atom. The SMILES string of the molecule is CNC(=O)N1C(=N)N(c2cccc(C(F)(F)F)c2)C(C)=C(C#N)C1c1ccc(C#N)cc1Br. The molecule has 0 saturated carbocycles. The fraction of sp³-hybridized carbons (Fsp3) is 0.182. The molecule has 1 unspecified atom stereocenters. The summed E-state index contributed by atoms with van der Waals surface area (Å²) in [7, 11) is 1.34. The molecule has 3 rings (SSSR count). The van der Waals surface area contributed by atoms with Crippen molar-refractivity contribution < 1.29 is 18.0 Å². The number of allylic oxidation sites excluding steroid dienone is 1. The minimum Gasteiger partial charge on any atom is -0.341 e. The predicted octanol–water partition coefficient (Wildman–Crippen LogP) is 5.27. The Bertz CT molecular complexity index is 1260. The second kappa shape index (κ2) is 8.96. The Labute approximate surface area is 196 Å². The number of hydrogen-bond donors (Lipinski definition) is 2. The highest BCUT2D eigenvalue weighted by Gasteiger charge is 2.42. The van der Waals surface area contributed by atoms with Gasteiger partial charge in [-0.05, 0) is 42.8 Å². The average molecular weight is 517 g/mol. The van der Waals surface area contributed by atoms with E-state index in [1.54, 1.807) is 6.07 Å². The zero-order valence-corrected chi connectivity index (χ0v) is 18.9. The minimum absolute atomic E-state index is 0.0219. The van der Waals surface area contributed by atoms with Crippen LogP contribution in [0.5, 0.6) is 0 Å². The van der Waals surface area contributed by atoms with Gasteiger partial charge < -0.3 is 5.32 Å². The number of halogens is 4. The van der Waals surface area contributed by atoms with Crippen molar-refractivity contribution in [2.45, 2.75) is 19.1 Å². The van der Waals surface area contributed by atoms with E-state index in [9.17, 15) is 23.2 Å². The number of alkyl halides is 3. The summed E-state index contributed by atoms with van der Waals surface area (Å²) in [5.74, 6) is -0.438. The van der Waals surface area contributed by atoms with Gasteiger partial charge in [-0.25, -0.2) is 4.79 Å². The third-order valence-electron chi connectivity index (χ3n) is 5.11. The molecule has 11 heteroatoms. The number of guanidine groups is 1. The topological polar surface area (TPSA) is 107 Å². The van der Waals surface area contributed by atoms with E-state index < -0.39 is 29.8 Å². The highest BCUT2D eigenvalue weighted by molar-refractivity contribution is 9.10. The summed E-state index contributed by atoms with van der Waals surface area (Å²) in [5.41, 5.74) is 0.0734. The fourth-order valence-electron chi connectivity index (χ4n) is 3.56. The van der Waals surface area contributed by atoms with E-state index in [1.807, 2.05) is 12.1 Å². The first-order chi connectivity index (χ1) is 15.5. The van der Waals surface area contributed by atoms with Crippen LogP contribution in [0.4, 0.5) is 23.7 Å². The molecular formula is C22H16BrF3N6O. The summed E-state index contributed by atoms with van der Waals surface area (Å²) < 4.78 is 40.3. The van der Waals surface area contributed by atoms with Crippen molar-refractivity contribution in [1.82, 2.24) is 10.2 Å². The number of nitrogens with zero attached hydrogens (tertiary/aromatic N) is 4. The molecule has 0 saturated heterocycles. The van der Waals surface area contributed by atoms with Crippen LogP contribution >= 0.6 is 15.9 Å². The molecular weight excluding hydrogens is 501 g/mol. The molecule has 0 bridgehead atoms. The van der Waals surface area contributed by atoms with Crippen LogP contribution in [0, 0.1) is 28.1 Å². The molecule has 1 aliphatic heterocycles. The maximum absolute atomic E-state index is 13.3. The Hall–Kier alpha value is -3.83. The number of carbonyl (C=O) groups excluding carboxylic acids is 1. The first kappa shape index (κ1) is 23.8. The van der Waals surface area contributed by atoms with Crippen molar-refractivity contribution >= 4 is 33.6 Å². The van der Waals surface area contributed by atoms with E-state index >= 15 is 0 Å². The van der Waals surface area contributed by atoms with Gasteiger partial charge in [-0.1, -0.05) is 28.1 Å². The van der Waals surface area contributed by atoms with Crippen molar-refractivity contribution in [2.75, 3.05) is 11.9 Å². The van der Waals surface area contributed by atoms with Crippen LogP contribution in [-0.4, -0.2) is 23.9 Å². The molecule has 2 N–H and O–H groups in total. The summed E-state index contributed by atoms with van der Waals surface area (Å²) in [6.45, 7) is 1.50. The Balaban J connectivity index is 2.27. The van der Waals surface area contributed by atoms with Gasteiger partial charge in [0.15, 0.2) is 0 Å². The molecule has 0 fully saturated rings. The normalized spacial score (nSPS) is 16.4. The first-order valence-electron chi connectivity index (χ1n) is 9.42. The van der Waals surface area contributed by atoms with Crippen LogP contribution in [0.2, 0.25) is 0 Å². The molecule has 0 aliphatic carbocycles. The van der Waals surface area contributed by atoms with Crippen LogP contribution < -0.4 is 10.2 Å². The molecule has 1 heterocycles. The van der Waals surface area contributed by atoms with Crippen molar-refractivity contribution in [1.29, 1.82) is 15.9 Å². The number of urea groups is 1. The number of amides is 2. The lowest BCUT2D eigenvalue weighted by molar-refractivity contribution is -0.137. The van der Waals surface area contributed by atoms with Crippen molar-refractivity contribution in [2.24, 2.45) is 0 Å². The lowest BCUT2D eigenvalue weighted by Crippen LogP contribution is -2.55.